The van der Waals surface area contributed by atoms with Crippen molar-refractivity contribution in [2.45, 2.75) is 19.0 Å². The van der Waals surface area contributed by atoms with E-state index >= 15 is 0 Å². The van der Waals surface area contributed by atoms with Crippen molar-refractivity contribution in [2.75, 3.05) is 19.8 Å². The van der Waals surface area contributed by atoms with E-state index in [4.69, 9.17) is 4.74 Å². The van der Waals surface area contributed by atoms with Crippen LogP contribution >= 0.6 is 0 Å². The second kappa shape index (κ2) is 6.38. The van der Waals surface area contributed by atoms with Gasteiger partial charge in [-0.3, -0.25) is 0 Å². The molecule has 6 nitrogen and oxygen atoms in total. The summed E-state index contributed by atoms with van der Waals surface area (Å²) in [6.45, 7) is 3.28. The predicted octanol–water partition coefficient (Wildman–Crippen LogP) is 1.24. The van der Waals surface area contributed by atoms with Crippen molar-refractivity contribution < 1.29 is 19.4 Å². The van der Waals surface area contributed by atoms with Gasteiger partial charge in [-0.2, -0.15) is 0 Å². The number of morpholine rings is 1. The Hall–Kier alpha value is -2.08. The molecule has 2 amide bonds. The standard InChI is InChI=1S/C14H18N2O4/c1-10-9-20-8-7-16(10)14(19)15-12(13(17)18)11-5-3-2-4-6-11/h2-6,10,12H,7-9H2,1H3,(H,15,19)(H,17,18)/t10?,12-/m1/s1. The molecule has 2 atom stereocenters. The quantitative estimate of drug-likeness (QED) is 0.872. The molecule has 0 radical (unpaired) electrons. The molecule has 20 heavy (non-hydrogen) atoms. The van der Waals surface area contributed by atoms with Crippen molar-refractivity contribution in [3.8, 4) is 0 Å². The highest BCUT2D eigenvalue weighted by Crippen LogP contribution is 2.14. The van der Waals surface area contributed by atoms with Crippen molar-refractivity contribution >= 4 is 12.0 Å². The molecule has 1 aromatic rings. The molecule has 0 bridgehead atoms. The molecule has 1 fully saturated rings. The van der Waals surface area contributed by atoms with E-state index in [0.717, 1.165) is 0 Å². The molecule has 6 heteroatoms. The zero-order valence-electron chi connectivity index (χ0n) is 11.3. The molecule has 0 saturated carbocycles. The van der Waals surface area contributed by atoms with Crippen LogP contribution in [0.1, 0.15) is 18.5 Å². The van der Waals surface area contributed by atoms with Gasteiger partial charge in [-0.15, -0.1) is 0 Å². The van der Waals surface area contributed by atoms with Crippen molar-refractivity contribution in [3.63, 3.8) is 0 Å². The van der Waals surface area contributed by atoms with Gasteiger partial charge in [0.2, 0.25) is 0 Å². The van der Waals surface area contributed by atoms with E-state index in [9.17, 15) is 14.7 Å². The van der Waals surface area contributed by atoms with E-state index in [1.54, 1.807) is 35.2 Å². The highest BCUT2D eigenvalue weighted by atomic mass is 16.5. The van der Waals surface area contributed by atoms with Gasteiger partial charge in [-0.1, -0.05) is 30.3 Å². The fraction of sp³-hybridized carbons (Fsp3) is 0.429. The van der Waals surface area contributed by atoms with E-state index < -0.39 is 12.0 Å². The first-order valence-corrected chi connectivity index (χ1v) is 6.52. The van der Waals surface area contributed by atoms with Crippen LogP contribution in [0.2, 0.25) is 0 Å². The van der Waals surface area contributed by atoms with Gasteiger partial charge >= 0.3 is 12.0 Å². The Morgan fingerprint density at radius 3 is 2.70 bits per heavy atom. The minimum atomic E-state index is -1.08. The Balaban J connectivity index is 2.08. The number of hydrogen-bond acceptors (Lipinski definition) is 3. The van der Waals surface area contributed by atoms with E-state index in [1.807, 2.05) is 6.92 Å². The number of aliphatic carboxylic acids is 1. The fourth-order valence-electron chi connectivity index (χ4n) is 2.17. The molecule has 2 rings (SSSR count). The van der Waals surface area contributed by atoms with Crippen LogP contribution in [0.25, 0.3) is 0 Å². The average molecular weight is 278 g/mol. The lowest BCUT2D eigenvalue weighted by Gasteiger charge is -2.34. The van der Waals surface area contributed by atoms with Crippen LogP contribution < -0.4 is 5.32 Å². The topological polar surface area (TPSA) is 78.9 Å². The molecule has 108 valence electrons. The van der Waals surface area contributed by atoms with Gasteiger partial charge in [-0.05, 0) is 12.5 Å². The highest BCUT2D eigenvalue weighted by molar-refractivity contribution is 5.83. The zero-order valence-corrected chi connectivity index (χ0v) is 11.3. The third kappa shape index (κ3) is 3.27. The second-order valence-corrected chi connectivity index (χ2v) is 4.75. The minimum Gasteiger partial charge on any atom is -0.479 e. The van der Waals surface area contributed by atoms with Gasteiger partial charge in [0.25, 0.3) is 0 Å². The number of carbonyl (C=O) groups is 2. The normalized spacial score (nSPS) is 20.2. The van der Waals surface area contributed by atoms with Crippen molar-refractivity contribution in [1.82, 2.24) is 10.2 Å². The lowest BCUT2D eigenvalue weighted by Crippen LogP contribution is -2.52. The van der Waals surface area contributed by atoms with Gasteiger partial charge in [0.05, 0.1) is 19.3 Å². The molecule has 0 aromatic heterocycles. The first kappa shape index (κ1) is 14.3. The lowest BCUT2D eigenvalue weighted by atomic mass is 10.1. The maximum Gasteiger partial charge on any atom is 0.330 e. The van der Waals surface area contributed by atoms with E-state index in [2.05, 4.69) is 5.32 Å². The molecule has 1 heterocycles. The largest absolute Gasteiger partial charge is 0.479 e. The number of nitrogens with one attached hydrogen (secondary N) is 1. The number of urea groups is 1. The summed E-state index contributed by atoms with van der Waals surface area (Å²) in [5, 5.41) is 11.8. The monoisotopic (exact) mass is 278 g/mol. The number of rotatable bonds is 3. The number of hydrogen-bond donors (Lipinski definition) is 2. The average Bonchev–Trinajstić information content (AvgIpc) is 2.45. The third-order valence-electron chi connectivity index (χ3n) is 3.28. The Kier molecular flexibility index (Phi) is 4.57. The van der Waals surface area contributed by atoms with Crippen LogP contribution in [0.3, 0.4) is 0 Å². The SMILES string of the molecule is CC1COCCN1C(=O)N[C@@H](C(=O)O)c1ccccc1. The molecule has 1 aliphatic heterocycles. The summed E-state index contributed by atoms with van der Waals surface area (Å²) < 4.78 is 5.26. The minimum absolute atomic E-state index is 0.0611. The summed E-state index contributed by atoms with van der Waals surface area (Å²) in [6, 6.07) is 7.17. The molecule has 1 unspecified atom stereocenters. The van der Waals surface area contributed by atoms with Crippen LogP contribution in [0.5, 0.6) is 0 Å². The van der Waals surface area contributed by atoms with Crippen LogP contribution in [0.15, 0.2) is 30.3 Å². The maximum atomic E-state index is 12.2. The van der Waals surface area contributed by atoms with Crippen molar-refractivity contribution in [3.05, 3.63) is 35.9 Å². The Bertz CT molecular complexity index is 477. The van der Waals surface area contributed by atoms with Crippen LogP contribution in [-0.2, 0) is 9.53 Å². The van der Waals surface area contributed by atoms with Gasteiger partial charge in [0.1, 0.15) is 0 Å². The van der Waals surface area contributed by atoms with Crippen LogP contribution in [0, 0.1) is 0 Å². The summed E-state index contributed by atoms with van der Waals surface area (Å²) in [4.78, 5) is 25.1. The Morgan fingerprint density at radius 1 is 1.40 bits per heavy atom. The number of carboxylic acids is 1. The first-order valence-electron chi connectivity index (χ1n) is 6.52. The summed E-state index contributed by atoms with van der Waals surface area (Å²) >= 11 is 0. The molecule has 0 spiro atoms. The summed E-state index contributed by atoms with van der Waals surface area (Å²) in [5.74, 6) is -1.08. The molecular formula is C14H18N2O4. The summed E-state index contributed by atoms with van der Waals surface area (Å²) in [7, 11) is 0. The van der Waals surface area contributed by atoms with Crippen LogP contribution in [-0.4, -0.2) is 47.8 Å². The van der Waals surface area contributed by atoms with E-state index in [0.29, 0.717) is 25.3 Å². The van der Waals surface area contributed by atoms with Crippen molar-refractivity contribution in [1.29, 1.82) is 0 Å². The Labute approximate surface area is 117 Å². The number of benzene rings is 1. The number of carboxylic acid groups (broad SMARTS) is 1. The van der Waals surface area contributed by atoms with E-state index in [-0.39, 0.29) is 12.1 Å². The molecule has 1 saturated heterocycles. The molecular weight excluding hydrogens is 260 g/mol. The molecule has 1 aromatic carbocycles. The zero-order chi connectivity index (χ0) is 14.5. The van der Waals surface area contributed by atoms with Gasteiger partial charge < -0.3 is 20.1 Å². The molecule has 0 aliphatic carbocycles. The van der Waals surface area contributed by atoms with Gasteiger partial charge in [0, 0.05) is 6.54 Å². The summed E-state index contributed by atoms with van der Waals surface area (Å²) in [6.07, 6.45) is 0. The second-order valence-electron chi connectivity index (χ2n) is 4.75. The third-order valence-corrected chi connectivity index (χ3v) is 3.28. The summed E-state index contributed by atoms with van der Waals surface area (Å²) in [5.41, 5.74) is 0.550. The molecule has 2 N–H and O–H groups in total. The number of nitrogens with zero attached hydrogens (tertiary/aromatic N) is 1. The Morgan fingerprint density at radius 2 is 2.10 bits per heavy atom. The number of amides is 2. The van der Waals surface area contributed by atoms with Crippen LogP contribution in [0.4, 0.5) is 4.79 Å². The number of ether oxygens (including phenoxy) is 1. The lowest BCUT2D eigenvalue weighted by molar-refractivity contribution is -0.139. The number of carbonyl (C=O) groups excluding carboxylic acids is 1. The highest BCUT2D eigenvalue weighted by Gasteiger charge is 2.28. The first-order chi connectivity index (χ1) is 9.59. The maximum absolute atomic E-state index is 12.2. The fourth-order valence-corrected chi connectivity index (χ4v) is 2.17. The van der Waals surface area contributed by atoms with Gasteiger partial charge in [-0.25, -0.2) is 9.59 Å². The smallest absolute Gasteiger partial charge is 0.330 e. The van der Waals surface area contributed by atoms with E-state index in [1.165, 1.54) is 0 Å². The van der Waals surface area contributed by atoms with Crippen molar-refractivity contribution in [2.24, 2.45) is 0 Å². The van der Waals surface area contributed by atoms with Gasteiger partial charge in [0.15, 0.2) is 6.04 Å². The predicted molar refractivity (Wildman–Crippen MR) is 72.3 cm³/mol. The molecule has 1 aliphatic rings.